The van der Waals surface area contributed by atoms with E-state index in [4.69, 9.17) is 16.3 Å². The third-order valence-electron chi connectivity index (χ3n) is 2.48. The highest BCUT2D eigenvalue weighted by molar-refractivity contribution is 6.31. The first-order valence-corrected chi connectivity index (χ1v) is 6.06. The molecule has 2 rings (SSSR count). The molecule has 0 atom stereocenters. The van der Waals surface area contributed by atoms with E-state index >= 15 is 0 Å². The Hall–Kier alpha value is -2.08. The zero-order valence-electron chi connectivity index (χ0n) is 10.3. The van der Waals surface area contributed by atoms with Crippen LogP contribution in [0.3, 0.4) is 0 Å². The highest BCUT2D eigenvalue weighted by Crippen LogP contribution is 2.16. The van der Waals surface area contributed by atoms with Crippen LogP contribution in [0.5, 0.6) is 6.01 Å². The number of aromatic nitrogens is 3. The number of benzene rings is 1. The molecular formula is C12H13ClN4O2. The van der Waals surface area contributed by atoms with Crippen LogP contribution < -0.4 is 10.1 Å². The molecule has 7 heteroatoms. The molecule has 0 spiro atoms. The molecule has 0 aliphatic heterocycles. The van der Waals surface area contributed by atoms with Gasteiger partial charge in [-0.1, -0.05) is 29.8 Å². The van der Waals surface area contributed by atoms with Crippen molar-refractivity contribution in [3.63, 3.8) is 0 Å². The molecule has 100 valence electrons. The third kappa shape index (κ3) is 3.69. The van der Waals surface area contributed by atoms with Crippen LogP contribution in [0.2, 0.25) is 5.02 Å². The van der Waals surface area contributed by atoms with Gasteiger partial charge in [0.2, 0.25) is 11.9 Å². The Morgan fingerprint density at radius 1 is 1.47 bits per heavy atom. The topological polar surface area (TPSA) is 79.9 Å². The number of methoxy groups -OCH3 is 1. The molecule has 0 aliphatic carbocycles. The summed E-state index contributed by atoms with van der Waals surface area (Å²) < 4.78 is 4.80. The van der Waals surface area contributed by atoms with Crippen LogP contribution in [0.4, 0.5) is 5.95 Å². The molecule has 1 aromatic heterocycles. The lowest BCUT2D eigenvalue weighted by Gasteiger charge is -2.03. The van der Waals surface area contributed by atoms with Crippen molar-refractivity contribution in [2.75, 3.05) is 12.4 Å². The van der Waals surface area contributed by atoms with Gasteiger partial charge in [0.25, 0.3) is 0 Å². The van der Waals surface area contributed by atoms with Crippen LogP contribution in [0.15, 0.2) is 24.3 Å². The summed E-state index contributed by atoms with van der Waals surface area (Å²) in [6, 6.07) is 7.62. The Labute approximate surface area is 115 Å². The summed E-state index contributed by atoms with van der Waals surface area (Å²) in [4.78, 5) is 15.6. The minimum atomic E-state index is -0.168. The summed E-state index contributed by atoms with van der Waals surface area (Å²) in [5.74, 6) is 0.0970. The fraction of sp³-hybridized carbons (Fsp3) is 0.250. The molecule has 0 radical (unpaired) electrons. The van der Waals surface area contributed by atoms with Crippen LogP contribution in [-0.2, 0) is 11.2 Å². The van der Waals surface area contributed by atoms with E-state index in [1.165, 1.54) is 7.11 Å². The number of hydrogen-bond acceptors (Lipinski definition) is 4. The predicted molar refractivity (Wildman–Crippen MR) is 71.3 cm³/mol. The van der Waals surface area contributed by atoms with Gasteiger partial charge in [-0.25, -0.2) is 5.10 Å². The second-order valence-electron chi connectivity index (χ2n) is 3.81. The quantitative estimate of drug-likeness (QED) is 0.878. The van der Waals surface area contributed by atoms with Gasteiger partial charge in [0.05, 0.1) is 7.11 Å². The number of ether oxygens (including phenoxy) is 1. The number of amides is 1. The maximum Gasteiger partial charge on any atom is 0.336 e. The normalized spacial score (nSPS) is 10.2. The van der Waals surface area contributed by atoms with Crippen LogP contribution in [0, 0.1) is 0 Å². The molecule has 6 nitrogen and oxygen atoms in total. The highest BCUT2D eigenvalue weighted by Gasteiger charge is 2.08. The lowest BCUT2D eigenvalue weighted by molar-refractivity contribution is -0.116. The molecule has 0 saturated carbocycles. The van der Waals surface area contributed by atoms with Crippen LogP contribution in [0.25, 0.3) is 0 Å². The predicted octanol–water partition coefficient (Wildman–Crippen LogP) is 2.04. The molecule has 2 aromatic rings. The Kier molecular flexibility index (Phi) is 4.35. The van der Waals surface area contributed by atoms with Gasteiger partial charge in [-0.05, 0) is 18.1 Å². The van der Waals surface area contributed by atoms with Gasteiger partial charge in [0.1, 0.15) is 0 Å². The van der Waals surface area contributed by atoms with Crippen LogP contribution in [0.1, 0.15) is 12.0 Å². The van der Waals surface area contributed by atoms with Gasteiger partial charge in [-0.2, -0.15) is 4.98 Å². The molecular weight excluding hydrogens is 268 g/mol. The SMILES string of the molecule is COc1n[nH]c(NC(=O)CCc2ccccc2Cl)n1. The number of aryl methyl sites for hydroxylation is 1. The van der Waals surface area contributed by atoms with Crippen molar-refractivity contribution >= 4 is 23.5 Å². The number of carbonyl (C=O) groups excluding carboxylic acids is 1. The van der Waals surface area contributed by atoms with Crippen molar-refractivity contribution in [2.24, 2.45) is 0 Å². The molecule has 0 unspecified atom stereocenters. The molecule has 1 aromatic carbocycles. The van der Waals surface area contributed by atoms with E-state index in [9.17, 15) is 4.79 Å². The van der Waals surface area contributed by atoms with Crippen molar-refractivity contribution in [1.82, 2.24) is 15.2 Å². The third-order valence-corrected chi connectivity index (χ3v) is 2.85. The lowest BCUT2D eigenvalue weighted by atomic mass is 10.1. The number of rotatable bonds is 5. The fourth-order valence-corrected chi connectivity index (χ4v) is 1.77. The van der Waals surface area contributed by atoms with Crippen molar-refractivity contribution in [1.29, 1.82) is 0 Å². The summed E-state index contributed by atoms with van der Waals surface area (Å²) >= 11 is 6.01. The van der Waals surface area contributed by atoms with E-state index in [-0.39, 0.29) is 17.9 Å². The zero-order valence-corrected chi connectivity index (χ0v) is 11.1. The van der Waals surface area contributed by atoms with Crippen molar-refractivity contribution < 1.29 is 9.53 Å². The molecule has 1 amide bonds. The van der Waals surface area contributed by atoms with E-state index in [0.717, 1.165) is 5.56 Å². The number of carbonyl (C=O) groups is 1. The average molecular weight is 281 g/mol. The summed E-state index contributed by atoms with van der Waals surface area (Å²) in [5.41, 5.74) is 0.939. The number of aromatic amines is 1. The smallest absolute Gasteiger partial charge is 0.336 e. The lowest BCUT2D eigenvalue weighted by Crippen LogP contribution is -2.13. The Balaban J connectivity index is 1.86. The summed E-state index contributed by atoms with van der Waals surface area (Å²) in [6.45, 7) is 0. The standard InChI is InChI=1S/C12H13ClN4O2/c1-19-12-15-11(16-17-12)14-10(18)7-6-8-4-2-3-5-9(8)13/h2-5H,6-7H2,1H3,(H2,14,15,16,17,18). The molecule has 0 bridgehead atoms. The summed E-state index contributed by atoms with van der Waals surface area (Å²) in [5, 5.41) is 9.54. The second kappa shape index (κ2) is 6.19. The highest BCUT2D eigenvalue weighted by atomic mass is 35.5. The number of hydrogen-bond donors (Lipinski definition) is 2. The van der Waals surface area contributed by atoms with E-state index in [1.807, 2.05) is 18.2 Å². The van der Waals surface area contributed by atoms with Gasteiger partial charge in [-0.3, -0.25) is 10.1 Å². The molecule has 1 heterocycles. The summed E-state index contributed by atoms with van der Waals surface area (Å²) in [6.07, 6.45) is 0.878. The maximum atomic E-state index is 11.7. The molecule has 0 saturated heterocycles. The van der Waals surface area contributed by atoms with Crippen LogP contribution >= 0.6 is 11.6 Å². The maximum absolute atomic E-state index is 11.7. The van der Waals surface area contributed by atoms with Gasteiger partial charge in [0, 0.05) is 11.4 Å². The number of nitrogens with one attached hydrogen (secondary N) is 2. The van der Waals surface area contributed by atoms with Gasteiger partial charge in [-0.15, -0.1) is 5.10 Å². The Morgan fingerprint density at radius 2 is 2.26 bits per heavy atom. The number of halogens is 1. The second-order valence-corrected chi connectivity index (χ2v) is 4.22. The van der Waals surface area contributed by atoms with Gasteiger partial charge < -0.3 is 4.74 Å². The van der Waals surface area contributed by atoms with Crippen molar-refractivity contribution in [3.8, 4) is 6.01 Å². The zero-order chi connectivity index (χ0) is 13.7. The molecule has 19 heavy (non-hydrogen) atoms. The monoisotopic (exact) mass is 280 g/mol. The number of H-pyrrole nitrogens is 1. The van der Waals surface area contributed by atoms with Crippen LogP contribution in [-0.4, -0.2) is 28.2 Å². The molecule has 2 N–H and O–H groups in total. The first-order chi connectivity index (χ1) is 9.19. The molecule has 0 aliphatic rings. The Morgan fingerprint density at radius 3 is 2.95 bits per heavy atom. The minimum absolute atomic E-state index is 0.168. The average Bonchev–Trinajstić information content (AvgIpc) is 2.85. The minimum Gasteiger partial charge on any atom is -0.466 e. The van der Waals surface area contributed by atoms with Gasteiger partial charge >= 0.3 is 6.01 Å². The first-order valence-electron chi connectivity index (χ1n) is 5.68. The van der Waals surface area contributed by atoms with Crippen molar-refractivity contribution in [3.05, 3.63) is 34.9 Å². The van der Waals surface area contributed by atoms with E-state index in [2.05, 4.69) is 20.5 Å². The molecule has 0 fully saturated rings. The van der Waals surface area contributed by atoms with Gasteiger partial charge in [0.15, 0.2) is 0 Å². The first kappa shape index (κ1) is 13.4. The van der Waals surface area contributed by atoms with E-state index in [0.29, 0.717) is 17.9 Å². The number of nitrogens with zero attached hydrogens (tertiary/aromatic N) is 2. The number of anilines is 1. The van der Waals surface area contributed by atoms with E-state index in [1.54, 1.807) is 6.07 Å². The summed E-state index contributed by atoms with van der Waals surface area (Å²) in [7, 11) is 1.45. The van der Waals surface area contributed by atoms with Crippen molar-refractivity contribution in [2.45, 2.75) is 12.8 Å². The van der Waals surface area contributed by atoms with E-state index < -0.39 is 0 Å². The Bertz CT molecular complexity index is 570. The fourth-order valence-electron chi connectivity index (χ4n) is 1.54. The largest absolute Gasteiger partial charge is 0.466 e.